The quantitative estimate of drug-likeness (QED) is 0.520. The summed E-state index contributed by atoms with van der Waals surface area (Å²) in [7, 11) is 0. The van der Waals surface area contributed by atoms with E-state index in [2.05, 4.69) is 34.4 Å². The number of fused-ring (bicyclic) bond motifs is 1. The summed E-state index contributed by atoms with van der Waals surface area (Å²) in [5, 5.41) is 11.6. The molecule has 0 atom stereocenters. The number of nitrogens with one attached hydrogen (secondary N) is 2. The lowest BCUT2D eigenvalue weighted by molar-refractivity contribution is 0.125. The van der Waals surface area contributed by atoms with Crippen molar-refractivity contribution in [3.63, 3.8) is 0 Å². The van der Waals surface area contributed by atoms with E-state index in [1.54, 1.807) is 6.20 Å². The predicted molar refractivity (Wildman–Crippen MR) is 118 cm³/mol. The van der Waals surface area contributed by atoms with Gasteiger partial charge in [-0.1, -0.05) is 19.9 Å². The Morgan fingerprint density at radius 2 is 2.00 bits per heavy atom. The van der Waals surface area contributed by atoms with Crippen molar-refractivity contribution in [1.82, 2.24) is 30.0 Å². The van der Waals surface area contributed by atoms with Gasteiger partial charge in [0.1, 0.15) is 16.9 Å². The van der Waals surface area contributed by atoms with E-state index in [1.165, 1.54) is 0 Å². The Bertz CT molecular complexity index is 953. The molecule has 0 amide bonds. The van der Waals surface area contributed by atoms with E-state index < -0.39 is 0 Å². The third kappa shape index (κ3) is 4.52. The van der Waals surface area contributed by atoms with Crippen LogP contribution in [-0.2, 0) is 17.7 Å². The second kappa shape index (κ2) is 9.82. The van der Waals surface area contributed by atoms with Gasteiger partial charge in [-0.05, 0) is 25.0 Å². The number of anilines is 3. The summed E-state index contributed by atoms with van der Waals surface area (Å²) in [5.74, 6) is 2.21. The lowest BCUT2D eigenvalue weighted by atomic mass is 10.2. The van der Waals surface area contributed by atoms with Crippen LogP contribution in [0.4, 0.5) is 17.6 Å². The second-order valence-corrected chi connectivity index (χ2v) is 7.28. The lowest BCUT2D eigenvalue weighted by Crippen LogP contribution is -2.44. The maximum absolute atomic E-state index is 5.71. The Kier molecular flexibility index (Phi) is 6.70. The zero-order valence-corrected chi connectivity index (χ0v) is 17.8. The number of piperazine rings is 1. The van der Waals surface area contributed by atoms with E-state index in [0.29, 0.717) is 13.2 Å². The standard InChI is InChI=1S/C21H30N8O/c1-3-14-30-15-13-29-19-18(16(4-2)27-29)25-21(28-11-9-22-10-12-28)26-20(19)24-17-7-5-6-8-23-17/h5-8,22H,3-4,9-15H2,1-2H3,(H,23,24,25,26). The van der Waals surface area contributed by atoms with Gasteiger partial charge in [0, 0.05) is 39.0 Å². The number of hydrogen-bond donors (Lipinski definition) is 2. The molecule has 1 aliphatic rings. The molecule has 3 aromatic rings. The van der Waals surface area contributed by atoms with Crippen molar-refractivity contribution in [3.05, 3.63) is 30.1 Å². The Hall–Kier alpha value is -2.78. The van der Waals surface area contributed by atoms with Crippen molar-refractivity contribution in [1.29, 1.82) is 0 Å². The van der Waals surface area contributed by atoms with E-state index in [0.717, 1.165) is 79.9 Å². The number of ether oxygens (including phenoxy) is 1. The summed E-state index contributed by atoms with van der Waals surface area (Å²) >= 11 is 0. The van der Waals surface area contributed by atoms with Gasteiger partial charge in [-0.3, -0.25) is 4.68 Å². The molecule has 4 rings (SSSR count). The van der Waals surface area contributed by atoms with Gasteiger partial charge < -0.3 is 20.3 Å². The SMILES string of the molecule is CCCOCCn1nc(CC)c2nc(N3CCNCC3)nc(Nc3ccccn3)c21. The molecule has 0 unspecified atom stereocenters. The van der Waals surface area contributed by atoms with Crippen molar-refractivity contribution in [2.45, 2.75) is 33.2 Å². The Labute approximate surface area is 176 Å². The first-order valence-corrected chi connectivity index (χ1v) is 10.8. The first-order valence-electron chi connectivity index (χ1n) is 10.8. The van der Waals surface area contributed by atoms with Crippen LogP contribution in [0, 0.1) is 0 Å². The summed E-state index contributed by atoms with van der Waals surface area (Å²) in [5.41, 5.74) is 2.77. The third-order valence-corrected chi connectivity index (χ3v) is 5.09. The van der Waals surface area contributed by atoms with Crippen molar-refractivity contribution in [3.8, 4) is 0 Å². The number of pyridine rings is 1. The highest BCUT2D eigenvalue weighted by Gasteiger charge is 2.21. The third-order valence-electron chi connectivity index (χ3n) is 5.09. The van der Waals surface area contributed by atoms with E-state index in [-0.39, 0.29) is 0 Å². The van der Waals surface area contributed by atoms with Crippen LogP contribution in [0.15, 0.2) is 24.4 Å². The summed E-state index contributed by atoms with van der Waals surface area (Å²) in [6.07, 6.45) is 3.58. The maximum atomic E-state index is 5.71. The van der Waals surface area contributed by atoms with Gasteiger partial charge in [-0.2, -0.15) is 10.1 Å². The zero-order valence-electron chi connectivity index (χ0n) is 17.8. The average Bonchev–Trinajstić information content (AvgIpc) is 3.16. The lowest BCUT2D eigenvalue weighted by Gasteiger charge is -2.27. The first-order chi connectivity index (χ1) is 14.8. The number of nitrogens with zero attached hydrogens (tertiary/aromatic N) is 6. The van der Waals surface area contributed by atoms with Gasteiger partial charge in [0.15, 0.2) is 5.82 Å². The molecule has 3 aromatic heterocycles. The molecule has 0 saturated carbocycles. The fourth-order valence-corrected chi connectivity index (χ4v) is 3.58. The number of aromatic nitrogens is 5. The topological polar surface area (TPSA) is 93.0 Å². The summed E-state index contributed by atoms with van der Waals surface area (Å²) < 4.78 is 7.67. The van der Waals surface area contributed by atoms with Crippen molar-refractivity contribution in [2.24, 2.45) is 0 Å². The molecule has 1 saturated heterocycles. The highest BCUT2D eigenvalue weighted by atomic mass is 16.5. The first kappa shape index (κ1) is 20.5. The average molecular weight is 411 g/mol. The fraction of sp³-hybridized carbons (Fsp3) is 0.524. The molecule has 9 heteroatoms. The molecular weight excluding hydrogens is 380 g/mol. The van der Waals surface area contributed by atoms with Crippen LogP contribution < -0.4 is 15.5 Å². The van der Waals surface area contributed by atoms with Crippen molar-refractivity contribution >= 4 is 28.6 Å². The number of hydrogen-bond acceptors (Lipinski definition) is 8. The highest BCUT2D eigenvalue weighted by Crippen LogP contribution is 2.28. The van der Waals surface area contributed by atoms with Gasteiger partial charge in [0.25, 0.3) is 0 Å². The fourth-order valence-electron chi connectivity index (χ4n) is 3.58. The second-order valence-electron chi connectivity index (χ2n) is 7.28. The summed E-state index contributed by atoms with van der Waals surface area (Å²) in [6.45, 7) is 9.86. The predicted octanol–water partition coefficient (Wildman–Crippen LogP) is 2.36. The summed E-state index contributed by atoms with van der Waals surface area (Å²) in [4.78, 5) is 16.5. The van der Waals surface area contributed by atoms with Gasteiger partial charge in [-0.15, -0.1) is 0 Å². The van der Waals surface area contributed by atoms with Crippen LogP contribution in [0.2, 0.25) is 0 Å². The van der Waals surface area contributed by atoms with E-state index in [9.17, 15) is 0 Å². The molecule has 30 heavy (non-hydrogen) atoms. The number of rotatable bonds is 9. The van der Waals surface area contributed by atoms with Crippen LogP contribution in [-0.4, -0.2) is 64.1 Å². The molecule has 160 valence electrons. The molecule has 9 nitrogen and oxygen atoms in total. The van der Waals surface area contributed by atoms with Gasteiger partial charge in [0.05, 0.1) is 18.8 Å². The minimum atomic E-state index is 0.607. The van der Waals surface area contributed by atoms with E-state index in [4.69, 9.17) is 19.8 Å². The summed E-state index contributed by atoms with van der Waals surface area (Å²) in [6, 6.07) is 5.79. The van der Waals surface area contributed by atoms with Crippen LogP contribution in [0.25, 0.3) is 11.0 Å². The maximum Gasteiger partial charge on any atom is 0.228 e. The molecule has 0 aliphatic carbocycles. The number of aryl methyl sites for hydroxylation is 1. The van der Waals surface area contributed by atoms with Crippen LogP contribution >= 0.6 is 0 Å². The molecule has 0 aromatic carbocycles. The van der Waals surface area contributed by atoms with Crippen LogP contribution in [0.1, 0.15) is 26.0 Å². The molecule has 1 aliphatic heterocycles. The molecule has 4 heterocycles. The highest BCUT2D eigenvalue weighted by molar-refractivity contribution is 5.90. The molecule has 0 spiro atoms. The van der Waals surface area contributed by atoms with Crippen LogP contribution in [0.3, 0.4) is 0 Å². The molecule has 0 radical (unpaired) electrons. The monoisotopic (exact) mass is 410 g/mol. The molecule has 2 N–H and O–H groups in total. The van der Waals surface area contributed by atoms with E-state index in [1.807, 2.05) is 22.9 Å². The minimum Gasteiger partial charge on any atom is -0.380 e. The van der Waals surface area contributed by atoms with Gasteiger partial charge in [-0.25, -0.2) is 9.97 Å². The van der Waals surface area contributed by atoms with Gasteiger partial charge in [0.2, 0.25) is 5.95 Å². The van der Waals surface area contributed by atoms with Crippen molar-refractivity contribution < 1.29 is 4.74 Å². The van der Waals surface area contributed by atoms with Crippen LogP contribution in [0.5, 0.6) is 0 Å². The Morgan fingerprint density at radius 3 is 2.73 bits per heavy atom. The zero-order chi connectivity index (χ0) is 20.8. The molecule has 0 bridgehead atoms. The minimum absolute atomic E-state index is 0.607. The largest absolute Gasteiger partial charge is 0.380 e. The molecule has 1 fully saturated rings. The van der Waals surface area contributed by atoms with E-state index >= 15 is 0 Å². The Morgan fingerprint density at radius 1 is 1.13 bits per heavy atom. The normalized spacial score (nSPS) is 14.4. The Balaban J connectivity index is 1.76. The van der Waals surface area contributed by atoms with Crippen molar-refractivity contribution in [2.75, 3.05) is 49.6 Å². The molecular formula is C21H30N8O. The van der Waals surface area contributed by atoms with Gasteiger partial charge >= 0.3 is 0 Å². The smallest absolute Gasteiger partial charge is 0.228 e.